The number of fused-ring (bicyclic) bond motifs is 1. The van der Waals surface area contributed by atoms with E-state index in [0.29, 0.717) is 17.9 Å². The van der Waals surface area contributed by atoms with Gasteiger partial charge in [0.05, 0.1) is 18.8 Å². The van der Waals surface area contributed by atoms with Crippen molar-refractivity contribution in [2.45, 2.75) is 18.9 Å². The zero-order chi connectivity index (χ0) is 17.6. The predicted octanol–water partition coefficient (Wildman–Crippen LogP) is 2.30. The van der Waals surface area contributed by atoms with Crippen molar-refractivity contribution >= 4 is 22.6 Å². The van der Waals surface area contributed by atoms with Crippen LogP contribution in [0.4, 0.5) is 0 Å². The Balaban J connectivity index is 1.61. The van der Waals surface area contributed by atoms with Gasteiger partial charge in [0.2, 0.25) is 0 Å². The topological polar surface area (TPSA) is 73.9 Å². The van der Waals surface area contributed by atoms with Gasteiger partial charge in [0.1, 0.15) is 5.75 Å². The van der Waals surface area contributed by atoms with E-state index in [-0.39, 0.29) is 18.6 Å². The molecule has 0 bridgehead atoms. The molecule has 2 aromatic carbocycles. The summed E-state index contributed by atoms with van der Waals surface area (Å²) < 4.78 is 15.9. The van der Waals surface area contributed by atoms with E-state index in [9.17, 15) is 9.59 Å². The number of methoxy groups -OCH3 is 1. The van der Waals surface area contributed by atoms with E-state index in [0.717, 1.165) is 30.2 Å². The van der Waals surface area contributed by atoms with Gasteiger partial charge in [0.15, 0.2) is 6.61 Å². The maximum atomic E-state index is 12.4. The summed E-state index contributed by atoms with van der Waals surface area (Å²) in [6, 6.07) is 10.8. The van der Waals surface area contributed by atoms with Crippen LogP contribution in [0.2, 0.25) is 0 Å². The molecule has 6 heteroatoms. The molecule has 132 valence electrons. The van der Waals surface area contributed by atoms with Gasteiger partial charge < -0.3 is 19.5 Å². The number of esters is 1. The standard InChI is InChI=1S/C19H21NO5/c1-23-17-9-8-16(14-6-2-3-7-15(14)17)19(22)25-12-18(21)20-11-13-5-4-10-24-13/h2-3,6-9,13H,4-5,10-12H2,1H3,(H,20,21)/t13-/m0/s1. The highest BCUT2D eigenvalue weighted by molar-refractivity contribution is 6.06. The van der Waals surface area contributed by atoms with Crippen molar-refractivity contribution in [3.05, 3.63) is 42.0 Å². The van der Waals surface area contributed by atoms with Crippen LogP contribution in [0.1, 0.15) is 23.2 Å². The summed E-state index contributed by atoms with van der Waals surface area (Å²) in [5.41, 5.74) is 0.406. The first kappa shape index (κ1) is 17.2. The molecule has 0 spiro atoms. The van der Waals surface area contributed by atoms with Crippen LogP contribution in [-0.2, 0) is 14.3 Å². The van der Waals surface area contributed by atoms with Gasteiger partial charge in [-0.25, -0.2) is 4.79 Å². The third-order valence-corrected chi connectivity index (χ3v) is 4.21. The molecular weight excluding hydrogens is 322 g/mol. The molecule has 0 radical (unpaired) electrons. The van der Waals surface area contributed by atoms with Crippen molar-refractivity contribution in [3.63, 3.8) is 0 Å². The molecule has 1 N–H and O–H groups in total. The second kappa shape index (κ2) is 7.98. The average Bonchev–Trinajstić information content (AvgIpc) is 3.17. The molecule has 6 nitrogen and oxygen atoms in total. The zero-order valence-corrected chi connectivity index (χ0v) is 14.1. The number of rotatable bonds is 6. The van der Waals surface area contributed by atoms with E-state index in [1.165, 1.54) is 0 Å². The number of hydrogen-bond donors (Lipinski definition) is 1. The van der Waals surface area contributed by atoms with Gasteiger partial charge in [-0.15, -0.1) is 0 Å². The predicted molar refractivity (Wildman–Crippen MR) is 92.8 cm³/mol. The molecule has 1 aliphatic rings. The van der Waals surface area contributed by atoms with Crippen LogP contribution < -0.4 is 10.1 Å². The lowest BCUT2D eigenvalue weighted by Gasteiger charge is -2.12. The molecule has 25 heavy (non-hydrogen) atoms. The summed E-state index contributed by atoms with van der Waals surface area (Å²) in [7, 11) is 1.58. The first-order valence-electron chi connectivity index (χ1n) is 8.30. The van der Waals surface area contributed by atoms with E-state index in [1.54, 1.807) is 19.2 Å². The minimum Gasteiger partial charge on any atom is -0.496 e. The minimum absolute atomic E-state index is 0.0604. The molecule has 0 aliphatic carbocycles. The Labute approximate surface area is 146 Å². The van der Waals surface area contributed by atoms with Crippen LogP contribution in [0, 0.1) is 0 Å². The van der Waals surface area contributed by atoms with Crippen molar-refractivity contribution in [1.82, 2.24) is 5.32 Å². The fourth-order valence-electron chi connectivity index (χ4n) is 2.92. The summed E-state index contributed by atoms with van der Waals surface area (Å²) in [4.78, 5) is 24.2. The molecule has 1 heterocycles. The Bertz CT molecular complexity index is 767. The number of carbonyl (C=O) groups is 2. The van der Waals surface area contributed by atoms with Crippen LogP contribution in [0.5, 0.6) is 5.75 Å². The van der Waals surface area contributed by atoms with Gasteiger partial charge in [-0.05, 0) is 30.4 Å². The largest absolute Gasteiger partial charge is 0.496 e. The first-order valence-corrected chi connectivity index (χ1v) is 8.30. The molecule has 1 fully saturated rings. The van der Waals surface area contributed by atoms with Crippen LogP contribution in [-0.4, -0.2) is 44.8 Å². The molecule has 0 aromatic heterocycles. The summed E-state index contributed by atoms with van der Waals surface area (Å²) in [6.45, 7) is 0.869. The smallest absolute Gasteiger partial charge is 0.339 e. The third-order valence-electron chi connectivity index (χ3n) is 4.21. The number of amides is 1. The Morgan fingerprint density at radius 2 is 2.00 bits per heavy atom. The maximum Gasteiger partial charge on any atom is 0.339 e. The van der Waals surface area contributed by atoms with E-state index in [2.05, 4.69) is 5.32 Å². The normalized spacial score (nSPS) is 16.6. The quantitative estimate of drug-likeness (QED) is 0.815. The first-order chi connectivity index (χ1) is 12.2. The number of nitrogens with one attached hydrogen (secondary N) is 1. The van der Waals surface area contributed by atoms with Crippen LogP contribution in [0.3, 0.4) is 0 Å². The molecule has 1 amide bonds. The fourth-order valence-corrected chi connectivity index (χ4v) is 2.92. The Hall–Kier alpha value is -2.60. The maximum absolute atomic E-state index is 12.4. The summed E-state index contributed by atoms with van der Waals surface area (Å²) in [5, 5.41) is 4.28. The third kappa shape index (κ3) is 4.09. The van der Waals surface area contributed by atoms with Gasteiger partial charge in [-0.1, -0.05) is 24.3 Å². The Morgan fingerprint density at radius 3 is 2.72 bits per heavy atom. The fraction of sp³-hybridized carbons (Fsp3) is 0.368. The molecule has 1 atom stereocenters. The van der Waals surface area contributed by atoms with Crippen molar-refractivity contribution in [1.29, 1.82) is 0 Å². The number of benzene rings is 2. The number of carbonyl (C=O) groups excluding carboxylic acids is 2. The highest BCUT2D eigenvalue weighted by atomic mass is 16.5. The van der Waals surface area contributed by atoms with Crippen molar-refractivity contribution in [2.24, 2.45) is 0 Å². The molecule has 2 aromatic rings. The zero-order valence-electron chi connectivity index (χ0n) is 14.1. The lowest BCUT2D eigenvalue weighted by Crippen LogP contribution is -2.34. The van der Waals surface area contributed by atoms with E-state index < -0.39 is 5.97 Å². The van der Waals surface area contributed by atoms with E-state index in [4.69, 9.17) is 14.2 Å². The lowest BCUT2D eigenvalue weighted by molar-refractivity contribution is -0.124. The van der Waals surface area contributed by atoms with E-state index >= 15 is 0 Å². The number of hydrogen-bond acceptors (Lipinski definition) is 5. The Morgan fingerprint density at radius 1 is 1.20 bits per heavy atom. The van der Waals surface area contributed by atoms with Crippen molar-refractivity contribution in [2.75, 3.05) is 26.9 Å². The summed E-state index contributed by atoms with van der Waals surface area (Å²) in [6.07, 6.45) is 2.02. The van der Waals surface area contributed by atoms with Gasteiger partial charge in [0, 0.05) is 18.5 Å². The van der Waals surface area contributed by atoms with E-state index in [1.807, 2.05) is 24.3 Å². The van der Waals surface area contributed by atoms with Crippen molar-refractivity contribution in [3.8, 4) is 5.75 Å². The second-order valence-corrected chi connectivity index (χ2v) is 5.88. The monoisotopic (exact) mass is 343 g/mol. The molecule has 1 aliphatic heterocycles. The summed E-state index contributed by atoms with van der Waals surface area (Å²) >= 11 is 0. The van der Waals surface area contributed by atoms with Gasteiger partial charge in [0.25, 0.3) is 5.91 Å². The van der Waals surface area contributed by atoms with Gasteiger partial charge >= 0.3 is 5.97 Å². The van der Waals surface area contributed by atoms with Crippen molar-refractivity contribution < 1.29 is 23.8 Å². The van der Waals surface area contributed by atoms with Crippen LogP contribution >= 0.6 is 0 Å². The molecule has 1 saturated heterocycles. The number of ether oxygens (including phenoxy) is 3. The molecule has 0 unspecified atom stereocenters. The van der Waals surface area contributed by atoms with Crippen LogP contribution in [0.25, 0.3) is 10.8 Å². The highest BCUT2D eigenvalue weighted by Gasteiger charge is 2.18. The minimum atomic E-state index is -0.536. The molecule has 0 saturated carbocycles. The Kier molecular flexibility index (Phi) is 5.50. The molecular formula is C19H21NO5. The van der Waals surface area contributed by atoms with Crippen LogP contribution in [0.15, 0.2) is 36.4 Å². The summed E-state index contributed by atoms with van der Waals surface area (Å²) in [5.74, 6) is -0.186. The van der Waals surface area contributed by atoms with Gasteiger partial charge in [-0.3, -0.25) is 4.79 Å². The average molecular weight is 343 g/mol. The second-order valence-electron chi connectivity index (χ2n) is 5.88. The van der Waals surface area contributed by atoms with Gasteiger partial charge in [-0.2, -0.15) is 0 Å². The lowest BCUT2D eigenvalue weighted by atomic mass is 10.0. The molecule has 3 rings (SSSR count). The SMILES string of the molecule is COc1ccc(C(=O)OCC(=O)NC[C@@H]2CCCO2)c2ccccc12. The highest BCUT2D eigenvalue weighted by Crippen LogP contribution is 2.28.